The van der Waals surface area contributed by atoms with Crippen LogP contribution in [-0.2, 0) is 0 Å². The molecule has 0 saturated carbocycles. The Bertz CT molecular complexity index is 7.80. The van der Waals surface area contributed by atoms with E-state index in [0.717, 1.165) is 0 Å². The Morgan fingerprint density at radius 1 is 0.400 bits per heavy atom. The SMILES string of the molecule is C.C.C.C.C.C.C.C.C.[3H]C[3H]. The Kier molecular flexibility index (Phi) is 0. The van der Waals surface area contributed by atoms with Crippen LogP contribution in [0.4, 0.5) is 0 Å². The highest BCUT2D eigenvalue weighted by Gasteiger charge is -0.0686. The van der Waals surface area contributed by atoms with Crippen LogP contribution in [0.3, 0.4) is 0 Å². The van der Waals surface area contributed by atoms with Crippen molar-refractivity contribution in [3.05, 3.63) is 0 Å². The largest absolute Gasteiger partial charge is 0.0776 e. The Labute approximate surface area is 77.9 Å². The van der Waals surface area contributed by atoms with Crippen LogP contribution in [0.15, 0.2) is 0 Å². The van der Waals surface area contributed by atoms with Crippen molar-refractivity contribution >= 4 is 0 Å². The zero-order chi connectivity index (χ0) is 2.71. The fourth-order valence-corrected chi connectivity index (χ4v) is 0. The summed E-state index contributed by atoms with van der Waals surface area (Å²) in [6, 6.07) is 0. The molecular formula is C10H40. The van der Waals surface area contributed by atoms with Gasteiger partial charge >= 0.3 is 0 Å². The summed E-state index contributed by atoms with van der Waals surface area (Å²) < 4.78 is 11.8. The van der Waals surface area contributed by atoms with E-state index in [4.69, 9.17) is 2.74 Å². The monoisotopic (exact) mass is 164 g/mol. The topological polar surface area (TPSA) is 0 Å². The first-order chi connectivity index (χ1) is 1.41. The van der Waals surface area contributed by atoms with Gasteiger partial charge in [0.05, 0.1) is 0 Å². The lowest BCUT2D eigenvalue weighted by molar-refractivity contribution is 2.50. The minimum Gasteiger partial charge on any atom is -0.0776 e. The molecule has 0 bridgehead atoms. The molecule has 0 nitrogen and oxygen atoms in total. The summed E-state index contributed by atoms with van der Waals surface area (Å²) in [6.07, 6.45) is 0. The molecule has 0 aromatic rings. The molecule has 0 amide bonds. The second-order valence-electron chi connectivity index (χ2n) is 0. The third-order valence-corrected chi connectivity index (χ3v) is 0. The van der Waals surface area contributed by atoms with Crippen LogP contribution >= 0.6 is 0 Å². The van der Waals surface area contributed by atoms with Crippen LogP contribution in [0, 0.1) is 0 Å². The van der Waals surface area contributed by atoms with Crippen molar-refractivity contribution < 1.29 is 2.74 Å². The van der Waals surface area contributed by atoms with Crippen molar-refractivity contribution in [1.82, 2.24) is 0 Å². The minimum absolute atomic E-state index is 0. The second kappa shape index (κ2) is 0. The molecule has 0 aliphatic carbocycles. The maximum absolute atomic E-state index is 5.88. The van der Waals surface area contributed by atoms with Gasteiger partial charge in [0, 0.05) is 2.74 Å². The van der Waals surface area contributed by atoms with Gasteiger partial charge in [-0.2, -0.15) is 0 Å². The van der Waals surface area contributed by atoms with Crippen LogP contribution in [0.5, 0.6) is 0 Å². The van der Waals surface area contributed by atoms with Crippen LogP contribution in [-0.4, -0.2) is 0 Å². The summed E-state index contributed by atoms with van der Waals surface area (Å²) >= 11 is 0. The quantitative estimate of drug-likeness (QED) is 0.391. The molecule has 0 unspecified atom stereocenters. The van der Waals surface area contributed by atoms with Crippen LogP contribution in [0.1, 0.15) is 77.0 Å². The normalized spacial score (nSPS) is 2.00. The number of hydrogen-bond donors (Lipinski definition) is 0. The molecule has 0 aliphatic rings. The van der Waals surface area contributed by atoms with Crippen molar-refractivity contribution in [3.63, 3.8) is 0 Å². The fraction of sp³-hybridized carbons (Fsp3) is 1.00. The van der Waals surface area contributed by atoms with Crippen molar-refractivity contribution in [2.24, 2.45) is 0 Å². The van der Waals surface area contributed by atoms with Crippen LogP contribution < -0.4 is 0 Å². The van der Waals surface area contributed by atoms with E-state index >= 15 is 0 Å². The summed E-state index contributed by atoms with van der Waals surface area (Å²) in [4.78, 5) is 0. The van der Waals surface area contributed by atoms with Gasteiger partial charge in [0.1, 0.15) is 0 Å². The van der Waals surface area contributed by atoms with Gasteiger partial charge in [0.2, 0.25) is 0 Å². The van der Waals surface area contributed by atoms with Gasteiger partial charge in [0.25, 0.3) is 0 Å². The van der Waals surface area contributed by atoms with Crippen molar-refractivity contribution in [3.8, 4) is 0 Å². The molecule has 0 saturated heterocycles. The van der Waals surface area contributed by atoms with E-state index in [2.05, 4.69) is 0 Å². The van der Waals surface area contributed by atoms with Gasteiger partial charge in [-0.3, -0.25) is 0 Å². The van der Waals surface area contributed by atoms with Gasteiger partial charge in [-0.15, -0.1) is 0 Å². The van der Waals surface area contributed by atoms with E-state index in [9.17, 15) is 0 Å². The smallest absolute Gasteiger partial charge is 0.0194 e. The molecular weight excluding hydrogens is 120 g/mol. The summed E-state index contributed by atoms with van der Waals surface area (Å²) in [7, 11) is -0.250. The highest BCUT2D eigenvalue weighted by atomic mass is 12.0. The van der Waals surface area contributed by atoms with E-state index in [-0.39, 0.29) is 74.2 Å². The van der Waals surface area contributed by atoms with E-state index in [1.165, 1.54) is 0 Å². The summed E-state index contributed by atoms with van der Waals surface area (Å²) in [5, 5.41) is 0. The molecule has 10 heavy (non-hydrogen) atoms. The van der Waals surface area contributed by atoms with Crippen molar-refractivity contribution in [1.29, 1.82) is 0 Å². The predicted molar refractivity (Wildman–Crippen MR) is 67.3 cm³/mol. The summed E-state index contributed by atoms with van der Waals surface area (Å²) in [6.45, 7) is 0. The van der Waals surface area contributed by atoms with E-state index < -0.39 is 0 Å². The number of hydrogen-bond acceptors (Lipinski definition) is 0. The molecule has 0 heterocycles. The molecule has 0 fully saturated rings. The zero-order valence-electron chi connectivity index (χ0n) is 2.71. The average molecular weight is 164 g/mol. The first kappa shape index (κ1) is 202. The summed E-state index contributed by atoms with van der Waals surface area (Å²) in [5.74, 6) is 0. The molecule has 0 N–H and O–H groups in total. The Hall–Kier alpha value is 0. The highest BCUT2D eigenvalue weighted by molar-refractivity contribution is 2.51. The standard InChI is InChI=1S/10CH4/h10*1H4/i1T2;;;;;;;;;. The maximum Gasteiger partial charge on any atom is 0.0194 e. The van der Waals surface area contributed by atoms with Gasteiger partial charge in [-0.25, -0.2) is 0 Å². The Balaban J connectivity index is -0.000000000556. The van der Waals surface area contributed by atoms with Gasteiger partial charge < -0.3 is 0 Å². The molecule has 0 radical (unpaired) electrons. The van der Waals surface area contributed by atoms with Crippen molar-refractivity contribution in [2.75, 3.05) is 0 Å². The molecule has 0 aromatic heterocycles. The third kappa shape index (κ3) is 0. The molecule has 80 valence electrons. The van der Waals surface area contributed by atoms with Gasteiger partial charge in [-0.1, -0.05) is 74.2 Å². The Morgan fingerprint density at radius 3 is 0.400 bits per heavy atom. The van der Waals surface area contributed by atoms with Gasteiger partial charge in [-0.05, 0) is 0 Å². The lowest BCUT2D eigenvalue weighted by atomic mass is 12.0. The molecule has 0 aromatic carbocycles. The highest BCUT2D eigenvalue weighted by Crippen LogP contribution is 0.153. The summed E-state index contributed by atoms with van der Waals surface area (Å²) in [5.41, 5.74) is 0. The van der Waals surface area contributed by atoms with E-state index in [0.29, 0.717) is 0 Å². The van der Waals surface area contributed by atoms with Crippen LogP contribution in [0.2, 0.25) is 0 Å². The minimum atomic E-state index is -0.250. The van der Waals surface area contributed by atoms with Gasteiger partial charge in [0.15, 0.2) is 0 Å². The first-order valence-electron chi connectivity index (χ1n) is 1.41. The molecule has 0 heteroatoms. The van der Waals surface area contributed by atoms with Crippen LogP contribution in [0.25, 0.3) is 0 Å². The molecule has 0 atom stereocenters. The third-order valence-electron chi connectivity index (χ3n) is 0. The molecule has 0 rings (SSSR count). The Morgan fingerprint density at radius 2 is 0.400 bits per heavy atom. The van der Waals surface area contributed by atoms with Crippen molar-refractivity contribution in [2.45, 2.75) is 74.2 Å². The average Bonchev–Trinajstić information content (AvgIpc) is 0.918. The van der Waals surface area contributed by atoms with E-state index in [1.807, 2.05) is 0 Å². The second-order valence-corrected chi connectivity index (χ2v) is 0. The predicted octanol–water partition coefficient (Wildman–Crippen LogP) is 6.36. The fourth-order valence-electron chi connectivity index (χ4n) is 0. The molecule has 0 spiro atoms. The number of rotatable bonds is 0. The first-order valence-corrected chi connectivity index (χ1v) is 0. The lowest BCUT2D eigenvalue weighted by Gasteiger charge is -0.0786. The molecule has 0 aliphatic heterocycles. The lowest BCUT2D eigenvalue weighted by Crippen LogP contribution is 0.143. The zero-order valence-corrected chi connectivity index (χ0v) is 0.707. The van der Waals surface area contributed by atoms with E-state index in [1.54, 1.807) is 0 Å². The maximum atomic E-state index is 5.88.